The minimum Gasteiger partial charge on any atom is -0.336 e. The smallest absolute Gasteiger partial charge is 0.0497 e. The summed E-state index contributed by atoms with van der Waals surface area (Å²) in [7, 11) is 0. The highest BCUT2D eigenvalue weighted by Crippen LogP contribution is 2.58. The molecule has 6 aromatic rings. The van der Waals surface area contributed by atoms with Crippen molar-refractivity contribution >= 4 is 22.1 Å². The first-order valence-electron chi connectivity index (χ1n) is 16.7. The number of hydrogen-bond acceptors (Lipinski definition) is 1. The van der Waals surface area contributed by atoms with Crippen molar-refractivity contribution in [1.29, 1.82) is 0 Å². The molecule has 0 aliphatic heterocycles. The molecule has 0 N–H and O–H groups in total. The average molecular weight is 598 g/mol. The van der Waals surface area contributed by atoms with Crippen LogP contribution in [0.2, 0.25) is 0 Å². The Bertz CT molecular complexity index is 2230. The number of nitrogens with zero attached hydrogens (tertiary/aromatic N) is 1. The predicted octanol–water partition coefficient (Wildman–Crippen LogP) is 12.0. The zero-order valence-corrected chi connectivity index (χ0v) is 28.5. The summed E-state index contributed by atoms with van der Waals surface area (Å²) in [6.45, 7) is 19.3. The summed E-state index contributed by atoms with van der Waals surface area (Å²) in [5.41, 5.74) is 20.3. The zero-order chi connectivity index (χ0) is 32.1. The van der Waals surface area contributed by atoms with Gasteiger partial charge < -0.3 is 4.90 Å². The normalized spacial score (nSPS) is 15.0. The van der Waals surface area contributed by atoms with Crippen LogP contribution in [0.15, 0.2) is 103 Å². The minimum atomic E-state index is -0.145. The Morgan fingerprint density at radius 2 is 1.09 bits per heavy atom. The van der Waals surface area contributed by atoms with E-state index in [1.54, 1.807) is 0 Å². The minimum absolute atomic E-state index is 0.0325. The summed E-state index contributed by atoms with van der Waals surface area (Å²) >= 11 is 0. The third kappa shape index (κ3) is 4.07. The summed E-state index contributed by atoms with van der Waals surface area (Å²) < 4.78 is 0. The summed E-state index contributed by atoms with van der Waals surface area (Å²) in [6, 6.07) is 39.5. The van der Waals surface area contributed by atoms with E-state index < -0.39 is 0 Å². The van der Waals surface area contributed by atoms with E-state index in [4.69, 9.17) is 0 Å². The number of hydrogen-bond donors (Lipinski definition) is 0. The Kier molecular flexibility index (Phi) is 6.23. The molecule has 0 atom stereocenters. The van der Waals surface area contributed by atoms with Crippen LogP contribution in [0.4, 0.5) is 11.4 Å². The van der Waals surface area contributed by atoms with Gasteiger partial charge in [0.25, 0.3) is 0 Å². The van der Waals surface area contributed by atoms with Crippen LogP contribution in [-0.4, -0.2) is 0 Å². The van der Waals surface area contributed by atoms with Gasteiger partial charge in [0.1, 0.15) is 0 Å². The molecular weight excluding hydrogens is 555 g/mol. The van der Waals surface area contributed by atoms with Gasteiger partial charge in [-0.1, -0.05) is 118 Å². The molecule has 0 fully saturated rings. The van der Waals surface area contributed by atoms with Crippen LogP contribution in [-0.2, 0) is 17.4 Å². The zero-order valence-electron chi connectivity index (χ0n) is 28.5. The van der Waals surface area contributed by atoms with Crippen molar-refractivity contribution in [2.75, 3.05) is 4.90 Å². The van der Waals surface area contributed by atoms with Crippen LogP contribution in [0.3, 0.4) is 0 Å². The first-order valence-corrected chi connectivity index (χ1v) is 16.7. The van der Waals surface area contributed by atoms with Crippen LogP contribution in [0.1, 0.15) is 77.8 Å². The highest BCUT2D eigenvalue weighted by atomic mass is 15.1. The average Bonchev–Trinajstić information content (AvgIpc) is 3.39. The lowest BCUT2D eigenvalue weighted by Gasteiger charge is -2.31. The highest BCUT2D eigenvalue weighted by molar-refractivity contribution is 6.09. The molecule has 1 nitrogen and oxygen atoms in total. The first-order chi connectivity index (χ1) is 22.0. The van der Waals surface area contributed by atoms with Gasteiger partial charge in [-0.15, -0.1) is 0 Å². The van der Waals surface area contributed by atoms with E-state index in [0.717, 1.165) is 6.54 Å². The quantitative estimate of drug-likeness (QED) is 0.195. The highest BCUT2D eigenvalue weighted by Gasteiger charge is 2.42. The second-order valence-electron chi connectivity index (χ2n) is 14.9. The number of fused-ring (bicyclic) bond motifs is 8. The fraction of sp³-hybridized carbons (Fsp3) is 0.244. The van der Waals surface area contributed by atoms with E-state index in [2.05, 4.69) is 163 Å². The van der Waals surface area contributed by atoms with Crippen molar-refractivity contribution in [1.82, 2.24) is 0 Å². The van der Waals surface area contributed by atoms with Crippen LogP contribution >= 0.6 is 0 Å². The molecule has 0 spiro atoms. The third-order valence-corrected chi connectivity index (χ3v) is 11.1. The maximum absolute atomic E-state index is 2.58. The molecule has 0 saturated heterocycles. The second kappa shape index (κ2) is 9.94. The van der Waals surface area contributed by atoms with E-state index in [1.165, 1.54) is 94.5 Å². The number of aryl methyl sites for hydroxylation is 4. The van der Waals surface area contributed by atoms with Crippen molar-refractivity contribution in [3.8, 4) is 22.3 Å². The van der Waals surface area contributed by atoms with E-state index in [9.17, 15) is 0 Å². The van der Waals surface area contributed by atoms with Gasteiger partial charge in [0, 0.05) is 34.1 Å². The molecule has 2 aliphatic carbocycles. The molecule has 6 aromatic carbocycles. The van der Waals surface area contributed by atoms with Gasteiger partial charge in [-0.25, -0.2) is 0 Å². The molecule has 0 aromatic heterocycles. The molecule has 0 heterocycles. The van der Waals surface area contributed by atoms with E-state index in [-0.39, 0.29) is 10.8 Å². The lowest BCUT2D eigenvalue weighted by Crippen LogP contribution is -2.21. The Labute approximate surface area is 274 Å². The summed E-state index contributed by atoms with van der Waals surface area (Å²) in [5.74, 6) is 0. The van der Waals surface area contributed by atoms with Crippen LogP contribution in [0, 0.1) is 27.7 Å². The van der Waals surface area contributed by atoms with Gasteiger partial charge >= 0.3 is 0 Å². The topological polar surface area (TPSA) is 3.24 Å². The predicted molar refractivity (Wildman–Crippen MR) is 197 cm³/mol. The van der Waals surface area contributed by atoms with Gasteiger partial charge in [-0.05, 0) is 119 Å². The molecule has 1 heteroatoms. The number of rotatable bonds is 4. The Morgan fingerprint density at radius 1 is 0.478 bits per heavy atom. The Hall–Kier alpha value is -4.62. The van der Waals surface area contributed by atoms with E-state index >= 15 is 0 Å². The number of anilines is 2. The molecule has 2 aliphatic rings. The summed E-state index contributed by atoms with van der Waals surface area (Å²) in [6.07, 6.45) is 0. The van der Waals surface area contributed by atoms with Gasteiger partial charge in [0.15, 0.2) is 0 Å². The van der Waals surface area contributed by atoms with Gasteiger partial charge in [0.2, 0.25) is 0 Å². The van der Waals surface area contributed by atoms with Crippen LogP contribution in [0.25, 0.3) is 33.0 Å². The fourth-order valence-electron chi connectivity index (χ4n) is 8.58. The molecule has 8 rings (SSSR count). The Balaban J connectivity index is 1.39. The van der Waals surface area contributed by atoms with Gasteiger partial charge in [0.05, 0.1) is 0 Å². The SMILES string of the molecule is Cc1ccc(CN(c2ccc(C)cc2C)c2cc3c(c4ccccc24)-c2cc4c(cc2C3(C)C)-c2ccccc2C4(C)C)c(C)c1. The molecule has 0 radical (unpaired) electrons. The Morgan fingerprint density at radius 3 is 1.83 bits per heavy atom. The maximum atomic E-state index is 2.58. The van der Waals surface area contributed by atoms with Crippen LogP contribution in [0.5, 0.6) is 0 Å². The van der Waals surface area contributed by atoms with Crippen molar-refractivity contribution in [3.63, 3.8) is 0 Å². The molecule has 0 bridgehead atoms. The third-order valence-electron chi connectivity index (χ3n) is 11.1. The van der Waals surface area contributed by atoms with Crippen LogP contribution < -0.4 is 4.90 Å². The number of benzene rings is 6. The molecule has 0 amide bonds. The monoisotopic (exact) mass is 597 g/mol. The standard InChI is InChI=1S/C45H43N/c1-27-17-19-31(29(3)21-27)26-46(41-20-18-28(2)22-30(41)4)42-25-40-43(34-15-10-9-14-33(34)42)36-24-38-35(23-39(36)45(40,7)8)32-13-11-12-16-37(32)44(38,5)6/h9-25H,26H2,1-8H3. The largest absolute Gasteiger partial charge is 0.336 e. The van der Waals surface area contributed by atoms with Crippen molar-refractivity contribution in [3.05, 3.63) is 153 Å². The molecule has 46 heavy (non-hydrogen) atoms. The fourth-order valence-corrected chi connectivity index (χ4v) is 8.58. The summed E-state index contributed by atoms with van der Waals surface area (Å²) in [4.78, 5) is 2.58. The van der Waals surface area contributed by atoms with Crippen molar-refractivity contribution < 1.29 is 0 Å². The molecule has 0 unspecified atom stereocenters. The van der Waals surface area contributed by atoms with Gasteiger partial charge in [-0.2, -0.15) is 0 Å². The molecular formula is C45H43N. The summed E-state index contributed by atoms with van der Waals surface area (Å²) in [5, 5.41) is 2.64. The lowest BCUT2D eigenvalue weighted by atomic mass is 9.79. The van der Waals surface area contributed by atoms with Crippen molar-refractivity contribution in [2.45, 2.75) is 72.8 Å². The van der Waals surface area contributed by atoms with Gasteiger partial charge in [-0.3, -0.25) is 0 Å². The lowest BCUT2D eigenvalue weighted by molar-refractivity contribution is 0.652. The first kappa shape index (κ1) is 28.8. The molecule has 0 saturated carbocycles. The second-order valence-corrected chi connectivity index (χ2v) is 14.9. The maximum Gasteiger partial charge on any atom is 0.0497 e. The molecule has 228 valence electrons. The van der Waals surface area contributed by atoms with Crippen molar-refractivity contribution in [2.24, 2.45) is 0 Å². The van der Waals surface area contributed by atoms with E-state index in [0.29, 0.717) is 0 Å². The van der Waals surface area contributed by atoms with E-state index in [1.807, 2.05) is 0 Å².